The highest BCUT2D eigenvalue weighted by Crippen LogP contribution is 2.19. The Bertz CT molecular complexity index is 560. The van der Waals surface area contributed by atoms with Gasteiger partial charge in [0.1, 0.15) is 0 Å². The molecule has 1 heterocycles. The highest BCUT2D eigenvalue weighted by atomic mass is 14.8. The fourth-order valence-electron chi connectivity index (χ4n) is 1.98. The molecular formula is C17H18N2. The third kappa shape index (κ3) is 3.38. The summed E-state index contributed by atoms with van der Waals surface area (Å²) in [5, 5.41) is 0. The van der Waals surface area contributed by atoms with Gasteiger partial charge < -0.3 is 0 Å². The second-order valence-electron chi connectivity index (χ2n) is 4.25. The number of nitrogens with zero attached hydrogens (tertiary/aromatic N) is 2. The molecule has 0 atom stereocenters. The molecule has 0 fully saturated rings. The van der Waals surface area contributed by atoms with Crippen molar-refractivity contribution in [2.24, 2.45) is 4.99 Å². The van der Waals surface area contributed by atoms with E-state index >= 15 is 0 Å². The van der Waals surface area contributed by atoms with Gasteiger partial charge in [-0.3, -0.25) is 4.98 Å². The molecule has 0 N–H and O–H groups in total. The lowest BCUT2D eigenvalue weighted by Gasteiger charge is -2.10. The number of aliphatic imine (C=N–C) groups is 1. The molecule has 0 radical (unpaired) electrons. The first-order chi connectivity index (χ1) is 9.35. The van der Waals surface area contributed by atoms with E-state index in [4.69, 9.17) is 4.99 Å². The van der Waals surface area contributed by atoms with Gasteiger partial charge >= 0.3 is 0 Å². The number of rotatable bonds is 4. The van der Waals surface area contributed by atoms with Crippen LogP contribution in [0.25, 0.3) is 5.70 Å². The Kier molecular flexibility index (Phi) is 4.62. The molecule has 0 unspecified atom stereocenters. The third-order valence-corrected chi connectivity index (χ3v) is 2.98. The predicted molar refractivity (Wildman–Crippen MR) is 82.0 cm³/mol. The molecule has 0 aromatic carbocycles. The van der Waals surface area contributed by atoms with Crippen molar-refractivity contribution in [1.82, 2.24) is 4.98 Å². The van der Waals surface area contributed by atoms with Crippen LogP contribution in [0.5, 0.6) is 0 Å². The van der Waals surface area contributed by atoms with E-state index in [1.807, 2.05) is 37.3 Å². The second-order valence-corrected chi connectivity index (χ2v) is 4.25. The Balaban J connectivity index is 2.33. The zero-order chi connectivity index (χ0) is 13.5. The summed E-state index contributed by atoms with van der Waals surface area (Å²) in [5.41, 5.74) is 3.93. The fourth-order valence-corrected chi connectivity index (χ4v) is 1.98. The molecule has 0 bridgehead atoms. The highest BCUT2D eigenvalue weighted by molar-refractivity contribution is 6.10. The molecular weight excluding hydrogens is 232 g/mol. The molecule has 0 spiro atoms. The van der Waals surface area contributed by atoms with Crippen LogP contribution in [-0.4, -0.2) is 10.7 Å². The number of hydrogen-bond acceptors (Lipinski definition) is 2. The van der Waals surface area contributed by atoms with Crippen LogP contribution in [0, 0.1) is 0 Å². The first-order valence-corrected chi connectivity index (χ1v) is 6.50. The van der Waals surface area contributed by atoms with Crippen LogP contribution in [0.1, 0.15) is 25.5 Å². The normalized spacial score (nSPS) is 16.2. The van der Waals surface area contributed by atoms with Gasteiger partial charge in [0.05, 0.1) is 17.1 Å². The van der Waals surface area contributed by atoms with Gasteiger partial charge in [0.25, 0.3) is 0 Å². The van der Waals surface area contributed by atoms with Crippen LogP contribution in [0.2, 0.25) is 0 Å². The molecule has 19 heavy (non-hydrogen) atoms. The summed E-state index contributed by atoms with van der Waals surface area (Å²) in [7, 11) is 0. The topological polar surface area (TPSA) is 25.2 Å². The molecule has 2 nitrogen and oxygen atoms in total. The lowest BCUT2D eigenvalue weighted by Crippen LogP contribution is -2.02. The van der Waals surface area contributed by atoms with Gasteiger partial charge in [0.2, 0.25) is 0 Å². The van der Waals surface area contributed by atoms with Crippen molar-refractivity contribution in [3.8, 4) is 0 Å². The first kappa shape index (κ1) is 13.2. The Morgan fingerprint density at radius 1 is 1.42 bits per heavy atom. The van der Waals surface area contributed by atoms with E-state index in [2.05, 4.69) is 29.8 Å². The lowest BCUT2D eigenvalue weighted by molar-refractivity contribution is 1.00. The summed E-state index contributed by atoms with van der Waals surface area (Å²) in [6.45, 7) is 5.85. The molecule has 0 saturated carbocycles. The molecule has 1 aromatic rings. The van der Waals surface area contributed by atoms with E-state index in [1.165, 1.54) is 5.57 Å². The standard InChI is InChI=1S/C17H18N2/c1-3-15(14-10-6-5-7-11-14)19-16(4-2)17-12-8-9-13-18-17/h3-6,8-10,12-13H,1,7,11H2,2H3/b16-4-,19-15?. The van der Waals surface area contributed by atoms with Gasteiger partial charge in [-0.05, 0) is 43.5 Å². The summed E-state index contributed by atoms with van der Waals surface area (Å²) < 4.78 is 0. The lowest BCUT2D eigenvalue weighted by atomic mass is 10.0. The molecule has 2 rings (SSSR count). The molecule has 2 heteroatoms. The van der Waals surface area contributed by atoms with Crippen molar-refractivity contribution in [3.05, 3.63) is 72.6 Å². The minimum Gasteiger partial charge on any atom is -0.255 e. The zero-order valence-corrected chi connectivity index (χ0v) is 11.2. The summed E-state index contributed by atoms with van der Waals surface area (Å²) in [6.07, 6.45) is 14.0. The molecule has 96 valence electrons. The van der Waals surface area contributed by atoms with Crippen molar-refractivity contribution < 1.29 is 0 Å². The van der Waals surface area contributed by atoms with Gasteiger partial charge in [-0.1, -0.05) is 36.9 Å². The Labute approximate surface area is 114 Å². The Morgan fingerprint density at radius 3 is 2.89 bits per heavy atom. The molecule has 0 aliphatic heterocycles. The van der Waals surface area contributed by atoms with Crippen LogP contribution in [0.4, 0.5) is 0 Å². The highest BCUT2D eigenvalue weighted by Gasteiger charge is 2.07. The SMILES string of the molecule is C=CC(=N/C(=C\C)c1ccccn1)C1=CC=CCC1. The van der Waals surface area contributed by atoms with Crippen LogP contribution in [0.3, 0.4) is 0 Å². The molecule has 1 aliphatic carbocycles. The Morgan fingerprint density at radius 2 is 2.32 bits per heavy atom. The average Bonchev–Trinajstić information content (AvgIpc) is 2.50. The number of pyridine rings is 1. The van der Waals surface area contributed by atoms with E-state index in [0.717, 1.165) is 29.9 Å². The average molecular weight is 250 g/mol. The maximum atomic E-state index is 4.70. The third-order valence-electron chi connectivity index (χ3n) is 2.98. The maximum Gasteiger partial charge on any atom is 0.0882 e. The minimum absolute atomic E-state index is 0.881. The predicted octanol–water partition coefficient (Wildman–Crippen LogP) is 4.35. The monoisotopic (exact) mass is 250 g/mol. The van der Waals surface area contributed by atoms with E-state index < -0.39 is 0 Å². The number of aromatic nitrogens is 1. The summed E-state index contributed by atoms with van der Waals surface area (Å²) >= 11 is 0. The van der Waals surface area contributed by atoms with Gasteiger partial charge in [0, 0.05) is 6.20 Å². The van der Waals surface area contributed by atoms with Crippen LogP contribution in [0.15, 0.2) is 71.9 Å². The fraction of sp³-hybridized carbons (Fsp3) is 0.176. The Hall–Kier alpha value is -2.22. The molecule has 1 aromatic heterocycles. The molecule has 0 saturated heterocycles. The quantitative estimate of drug-likeness (QED) is 0.729. The summed E-state index contributed by atoms with van der Waals surface area (Å²) in [6, 6.07) is 5.84. The summed E-state index contributed by atoms with van der Waals surface area (Å²) in [5.74, 6) is 0. The van der Waals surface area contributed by atoms with Crippen LogP contribution < -0.4 is 0 Å². The van der Waals surface area contributed by atoms with Crippen LogP contribution in [-0.2, 0) is 0 Å². The smallest absolute Gasteiger partial charge is 0.0882 e. The van der Waals surface area contributed by atoms with Crippen molar-refractivity contribution >= 4 is 11.4 Å². The van der Waals surface area contributed by atoms with E-state index in [-0.39, 0.29) is 0 Å². The van der Waals surface area contributed by atoms with Gasteiger partial charge in [-0.2, -0.15) is 0 Å². The van der Waals surface area contributed by atoms with Gasteiger partial charge in [-0.25, -0.2) is 4.99 Å². The number of hydrogen-bond donors (Lipinski definition) is 0. The number of allylic oxidation sites excluding steroid dienone is 6. The molecule has 0 amide bonds. The van der Waals surface area contributed by atoms with Crippen molar-refractivity contribution in [3.63, 3.8) is 0 Å². The molecule has 1 aliphatic rings. The largest absolute Gasteiger partial charge is 0.255 e. The van der Waals surface area contributed by atoms with E-state index in [0.29, 0.717) is 0 Å². The van der Waals surface area contributed by atoms with E-state index in [9.17, 15) is 0 Å². The second kappa shape index (κ2) is 6.64. The maximum absolute atomic E-state index is 4.70. The van der Waals surface area contributed by atoms with Gasteiger partial charge in [0.15, 0.2) is 0 Å². The van der Waals surface area contributed by atoms with E-state index in [1.54, 1.807) is 6.20 Å². The first-order valence-electron chi connectivity index (χ1n) is 6.50. The van der Waals surface area contributed by atoms with Gasteiger partial charge in [-0.15, -0.1) is 0 Å². The van der Waals surface area contributed by atoms with Crippen LogP contribution >= 0.6 is 0 Å². The zero-order valence-electron chi connectivity index (χ0n) is 11.2. The van der Waals surface area contributed by atoms with Crippen molar-refractivity contribution in [2.45, 2.75) is 19.8 Å². The summed E-state index contributed by atoms with van der Waals surface area (Å²) in [4.78, 5) is 9.04. The minimum atomic E-state index is 0.881. The van der Waals surface area contributed by atoms with Crippen molar-refractivity contribution in [1.29, 1.82) is 0 Å². The van der Waals surface area contributed by atoms with Crippen molar-refractivity contribution in [2.75, 3.05) is 0 Å².